The molecule has 0 bridgehead atoms. The second kappa shape index (κ2) is 15.5. The monoisotopic (exact) mass is 902 g/mol. The number of β-lactam (4-membered cyclic amide) rings is 1. The maximum Gasteiger partial charge on any atom is 0.350 e. The maximum absolute atomic E-state index is 13.6. The number of aromatic nitrogens is 1. The number of nitrogens with one attached hydrogen (secondary N) is 2. The maximum atomic E-state index is 13.6. The van der Waals surface area contributed by atoms with Gasteiger partial charge in [-0.15, -0.1) is 0 Å². The Hall–Kier alpha value is -5.53. The number of nitrogens with zero attached hydrogens (tertiary/aromatic N) is 5. The van der Waals surface area contributed by atoms with E-state index >= 15 is 0 Å². The number of phenols is 2. The summed E-state index contributed by atoms with van der Waals surface area (Å²) in [5.74, 6) is -12.5. The predicted molar refractivity (Wildman–Crippen MR) is 194 cm³/mol. The summed E-state index contributed by atoms with van der Waals surface area (Å²) in [6.07, 6.45) is -0.549. The number of thioether (sulfide) groups is 1. The number of carboxylic acid groups (broad SMARTS) is 2. The van der Waals surface area contributed by atoms with Crippen LogP contribution in [0.4, 0.5) is 9.93 Å². The van der Waals surface area contributed by atoms with Crippen molar-refractivity contribution in [1.82, 2.24) is 30.5 Å². The average molecular weight is 904 g/mol. The second-order valence-electron chi connectivity index (χ2n) is 12.6. The fourth-order valence-electron chi connectivity index (χ4n) is 5.47. The fraction of sp³-hybridized carbons (Fsp3) is 0.367. The number of fused-ring (bicyclic) bond motifs is 1. The van der Waals surface area contributed by atoms with Gasteiger partial charge < -0.3 is 41.2 Å². The lowest BCUT2D eigenvalue weighted by Gasteiger charge is -2.40. The number of phenolic OH excluding ortho intramolecular Hbond substituents is 2. The van der Waals surface area contributed by atoms with E-state index in [0.29, 0.717) is 16.8 Å². The van der Waals surface area contributed by atoms with Crippen molar-refractivity contribution in [2.24, 2.45) is 11.1 Å². The molecule has 3 atom stereocenters. The number of amides is 5. The molecule has 0 unspecified atom stereocenters. The number of hydrazine groups is 1. The zero-order valence-corrected chi connectivity index (χ0v) is 32.6. The lowest BCUT2D eigenvalue weighted by atomic mass is 9.90. The number of urea groups is 1. The van der Waals surface area contributed by atoms with E-state index in [-0.39, 0.29) is 27.7 Å². The molecule has 0 spiro atoms. The van der Waals surface area contributed by atoms with Gasteiger partial charge in [0.05, 0.1) is 41.5 Å². The highest BCUT2D eigenvalue weighted by molar-refractivity contribution is 9.11. The number of oxime groups is 1. The van der Waals surface area contributed by atoms with Crippen LogP contribution in [0, 0.1) is 5.92 Å². The van der Waals surface area contributed by atoms with Crippen LogP contribution >= 0.6 is 50.6 Å². The summed E-state index contributed by atoms with van der Waals surface area (Å²) in [4.78, 5) is 124. The number of halogens is 2. The molecule has 26 heteroatoms. The van der Waals surface area contributed by atoms with Crippen LogP contribution in [0.5, 0.6) is 11.5 Å². The Morgan fingerprint density at radius 3 is 2.39 bits per heavy atom. The van der Waals surface area contributed by atoms with Gasteiger partial charge in [0.15, 0.2) is 28.1 Å². The first-order valence-corrected chi connectivity index (χ1v) is 18.6. The number of anilines is 1. The number of hydrogen-bond donors (Lipinski definition) is 7. The van der Waals surface area contributed by atoms with Crippen LogP contribution in [0.1, 0.15) is 36.3 Å². The van der Waals surface area contributed by atoms with Gasteiger partial charge in [-0.2, -0.15) is 0 Å². The number of aliphatic carboxylic acids is 2. The molecule has 56 heavy (non-hydrogen) atoms. The number of benzene rings is 1. The lowest BCUT2D eigenvalue weighted by molar-refractivity contribution is -0.161. The average Bonchev–Trinajstić information content (AvgIpc) is 3.80. The Bertz CT molecular complexity index is 2150. The Morgan fingerprint density at radius 2 is 1.79 bits per heavy atom. The highest BCUT2D eigenvalue weighted by Gasteiger charge is 2.66. The number of ketones is 3. The molecule has 0 aliphatic carbocycles. The number of Topliss-reactive ketones (excluding diaryl/α,β-unsaturated/α-hetero) is 3. The number of carbonyl (C=O) groups excluding carboxylic acids is 7. The minimum absolute atomic E-state index is 0.0248. The van der Waals surface area contributed by atoms with Crippen molar-refractivity contribution in [2.45, 2.75) is 36.1 Å². The molecule has 22 nitrogen and oxygen atoms in total. The van der Waals surface area contributed by atoms with Gasteiger partial charge in [-0.05, 0) is 41.9 Å². The summed E-state index contributed by atoms with van der Waals surface area (Å²) in [5.41, 5.74) is 4.85. The first-order chi connectivity index (χ1) is 26.1. The van der Waals surface area contributed by atoms with Crippen molar-refractivity contribution in [1.29, 1.82) is 0 Å². The Kier molecular flexibility index (Phi) is 11.6. The predicted octanol–water partition coefficient (Wildman–Crippen LogP) is -0.255. The Labute approximate surface area is 335 Å². The SMILES string of the molecule is CC(C)(O/N=C(\C(=O)C[C@@H]1C(=O)N2C[C@@](C(=O)O)(N3CCN(NC(=O)C(=O)CNC(=O)C(=O)c4ccc(O)c(O)c4Cl)C3=O)S[C@H]12)c1nc(N)sc1Br)C(=O)O. The molecular formula is C30H28BrClN8O14S2. The fourth-order valence-corrected chi connectivity index (χ4v) is 8.74. The van der Waals surface area contributed by atoms with E-state index in [1.54, 1.807) is 0 Å². The number of carboxylic acids is 2. The molecule has 5 amide bonds. The highest BCUT2D eigenvalue weighted by Crippen LogP contribution is 2.53. The van der Waals surface area contributed by atoms with E-state index in [1.807, 2.05) is 10.7 Å². The molecule has 0 radical (unpaired) electrons. The summed E-state index contributed by atoms with van der Waals surface area (Å²) in [6.45, 7) is 0.199. The van der Waals surface area contributed by atoms with Crippen LogP contribution in [-0.2, 0) is 38.4 Å². The van der Waals surface area contributed by atoms with E-state index in [1.165, 1.54) is 13.8 Å². The van der Waals surface area contributed by atoms with Crippen molar-refractivity contribution in [3.63, 3.8) is 0 Å². The van der Waals surface area contributed by atoms with Gasteiger partial charge in [0.2, 0.25) is 22.2 Å². The van der Waals surface area contributed by atoms with Gasteiger partial charge in [0.25, 0.3) is 11.7 Å². The minimum atomic E-state index is -2.10. The van der Waals surface area contributed by atoms with Crippen LogP contribution in [0.3, 0.4) is 0 Å². The van der Waals surface area contributed by atoms with Gasteiger partial charge in [-0.25, -0.2) is 24.4 Å². The van der Waals surface area contributed by atoms with Crippen molar-refractivity contribution in [3.8, 4) is 11.5 Å². The second-order valence-corrected chi connectivity index (χ2v) is 16.7. The number of aromatic hydroxyl groups is 2. The third-order valence-corrected chi connectivity index (χ3v) is 12.2. The van der Waals surface area contributed by atoms with E-state index in [0.717, 1.165) is 33.3 Å². The molecule has 3 aliphatic heterocycles. The molecule has 4 heterocycles. The van der Waals surface area contributed by atoms with Gasteiger partial charge in [-0.1, -0.05) is 39.9 Å². The highest BCUT2D eigenvalue weighted by atomic mass is 79.9. The molecule has 8 N–H and O–H groups in total. The molecule has 2 aromatic rings. The van der Waals surface area contributed by atoms with Crippen LogP contribution in [0.15, 0.2) is 21.1 Å². The minimum Gasteiger partial charge on any atom is -0.504 e. The number of hydrogen-bond acceptors (Lipinski definition) is 17. The van der Waals surface area contributed by atoms with E-state index in [9.17, 15) is 63.6 Å². The van der Waals surface area contributed by atoms with Crippen molar-refractivity contribution in [3.05, 3.63) is 32.2 Å². The number of rotatable bonds is 15. The molecule has 1 aromatic carbocycles. The van der Waals surface area contributed by atoms with Crippen LogP contribution in [-0.4, -0.2) is 141 Å². The number of nitrogen functional groups attached to an aromatic ring is 1. The lowest BCUT2D eigenvalue weighted by Crippen LogP contribution is -2.60. The zero-order valence-electron chi connectivity index (χ0n) is 28.6. The third kappa shape index (κ3) is 7.65. The van der Waals surface area contributed by atoms with Crippen molar-refractivity contribution in [2.75, 3.05) is 31.9 Å². The van der Waals surface area contributed by atoms with E-state index in [4.69, 9.17) is 22.2 Å². The largest absolute Gasteiger partial charge is 0.504 e. The molecule has 1 aromatic heterocycles. The smallest absolute Gasteiger partial charge is 0.350 e. The number of thiazole rings is 1. The quantitative estimate of drug-likeness (QED) is 0.0302. The van der Waals surface area contributed by atoms with E-state index in [2.05, 4.69) is 26.1 Å². The molecule has 298 valence electrons. The van der Waals surface area contributed by atoms with Crippen molar-refractivity contribution >= 4 is 115 Å². The number of nitrogens with two attached hydrogens (primary N) is 1. The van der Waals surface area contributed by atoms with Gasteiger partial charge in [-0.3, -0.25) is 39.1 Å². The summed E-state index contributed by atoms with van der Waals surface area (Å²) >= 11 is 10.6. The van der Waals surface area contributed by atoms with Crippen LogP contribution in [0.25, 0.3) is 0 Å². The molecular weight excluding hydrogens is 876 g/mol. The normalized spacial score (nSPS) is 20.6. The molecule has 3 fully saturated rings. The first-order valence-electron chi connectivity index (χ1n) is 15.7. The van der Waals surface area contributed by atoms with Crippen LogP contribution < -0.4 is 16.5 Å². The third-order valence-electron chi connectivity index (χ3n) is 8.55. The van der Waals surface area contributed by atoms with Crippen LogP contribution in [0.2, 0.25) is 5.02 Å². The standard InChI is InChI=1S/C30H28BrClN8O14S2/c1-29(2,25(49)50)54-37-16(17-20(31)55-27(33)35-17)13(42)7-11-23(48)38-9-30(26(51)52,56-24(11)38)39-5-6-40(28(39)53)36-21(46)14(43)8-34-22(47)18(44)10-3-4-12(41)19(45)15(10)32/h3-4,11,24,41,45H,5-9H2,1-2H3,(H2,33,35)(H,34,47)(H,36,46)(H,49,50)(H,51,52)/b37-16+/t11-,24-,30-/m1/s1. The molecule has 3 saturated heterocycles. The summed E-state index contributed by atoms with van der Waals surface area (Å²) < 4.78 is 0.254. The molecule has 0 saturated carbocycles. The summed E-state index contributed by atoms with van der Waals surface area (Å²) in [7, 11) is 0. The Morgan fingerprint density at radius 1 is 1.11 bits per heavy atom. The Balaban J connectivity index is 1.23. The van der Waals surface area contributed by atoms with Gasteiger partial charge in [0.1, 0.15) is 9.48 Å². The first kappa shape index (κ1) is 41.6. The van der Waals surface area contributed by atoms with Crippen molar-refractivity contribution < 1.29 is 68.4 Å². The zero-order chi connectivity index (χ0) is 41.6. The topological polar surface area (TPSA) is 329 Å². The molecule has 5 rings (SSSR count). The number of carbonyl (C=O) groups is 9. The van der Waals surface area contributed by atoms with E-state index < -0.39 is 122 Å². The molecule has 3 aliphatic rings. The summed E-state index contributed by atoms with van der Waals surface area (Å²) in [6, 6.07) is 0.770. The summed E-state index contributed by atoms with van der Waals surface area (Å²) in [5, 5.41) is 43.7. The van der Waals surface area contributed by atoms with Gasteiger partial charge >= 0.3 is 23.9 Å². The van der Waals surface area contributed by atoms with Gasteiger partial charge in [0, 0.05) is 13.0 Å².